The molecule has 30 heavy (non-hydrogen) atoms. The van der Waals surface area contributed by atoms with Crippen molar-refractivity contribution in [3.8, 4) is 0 Å². The summed E-state index contributed by atoms with van der Waals surface area (Å²) in [5.41, 5.74) is 3.62. The average Bonchev–Trinajstić information content (AvgIpc) is 3.22. The van der Waals surface area contributed by atoms with E-state index in [1.54, 1.807) is 30.5 Å². The predicted molar refractivity (Wildman–Crippen MR) is 118 cm³/mol. The summed E-state index contributed by atoms with van der Waals surface area (Å²) in [5, 5.41) is 3.02. The topological polar surface area (TPSA) is 63.5 Å². The van der Waals surface area contributed by atoms with Crippen molar-refractivity contribution in [2.75, 3.05) is 6.54 Å². The Morgan fingerprint density at radius 3 is 2.53 bits per heavy atom. The van der Waals surface area contributed by atoms with E-state index in [2.05, 4.69) is 17.2 Å². The lowest BCUT2D eigenvalue weighted by Gasteiger charge is -2.21. The summed E-state index contributed by atoms with van der Waals surface area (Å²) in [6, 6.07) is 10.9. The summed E-state index contributed by atoms with van der Waals surface area (Å²) < 4.78 is 1.81. The van der Waals surface area contributed by atoms with Crippen molar-refractivity contribution in [1.82, 2.24) is 14.7 Å². The van der Waals surface area contributed by atoms with Gasteiger partial charge in [-0.3, -0.25) is 14.0 Å². The van der Waals surface area contributed by atoms with Gasteiger partial charge in [0.2, 0.25) is 5.78 Å². The van der Waals surface area contributed by atoms with Crippen molar-refractivity contribution in [2.45, 2.75) is 51.9 Å². The fourth-order valence-corrected chi connectivity index (χ4v) is 4.30. The Labute approximate surface area is 177 Å². The first-order valence-electron chi connectivity index (χ1n) is 11.0. The highest BCUT2D eigenvalue weighted by molar-refractivity contribution is 6.08. The van der Waals surface area contributed by atoms with Gasteiger partial charge in [0.05, 0.1) is 6.20 Å². The molecular formula is C25H29N3O2. The van der Waals surface area contributed by atoms with E-state index in [9.17, 15) is 9.59 Å². The highest BCUT2D eigenvalue weighted by Crippen LogP contribution is 2.25. The number of benzene rings is 1. The number of aryl methyl sites for hydroxylation is 1. The number of amides is 1. The molecule has 0 unspecified atom stereocenters. The van der Waals surface area contributed by atoms with Crippen LogP contribution in [0.25, 0.3) is 5.65 Å². The second-order valence-electron chi connectivity index (χ2n) is 8.22. The molecule has 1 amide bonds. The number of aromatic nitrogens is 2. The molecule has 2 heterocycles. The summed E-state index contributed by atoms with van der Waals surface area (Å²) in [6.07, 6.45) is 12.0. The van der Waals surface area contributed by atoms with Crippen LogP contribution in [0.4, 0.5) is 0 Å². The molecule has 1 aromatic carbocycles. The molecule has 5 nitrogen and oxygen atoms in total. The maximum Gasteiger partial charge on any atom is 0.251 e. The Morgan fingerprint density at radius 1 is 1.07 bits per heavy atom. The zero-order valence-electron chi connectivity index (χ0n) is 17.6. The average molecular weight is 404 g/mol. The van der Waals surface area contributed by atoms with Gasteiger partial charge in [-0.15, -0.1) is 0 Å². The first kappa shape index (κ1) is 20.3. The van der Waals surface area contributed by atoms with Crippen LogP contribution in [0.15, 0.2) is 48.8 Å². The van der Waals surface area contributed by atoms with Gasteiger partial charge in [0, 0.05) is 23.9 Å². The molecular weight excluding hydrogens is 374 g/mol. The summed E-state index contributed by atoms with van der Waals surface area (Å²) in [4.78, 5) is 29.7. The number of hydrogen-bond donors (Lipinski definition) is 1. The fourth-order valence-electron chi connectivity index (χ4n) is 4.30. The molecule has 0 atom stereocenters. The second kappa shape index (κ2) is 9.24. The molecule has 5 heteroatoms. The van der Waals surface area contributed by atoms with Crippen molar-refractivity contribution in [3.05, 3.63) is 71.2 Å². The first-order chi connectivity index (χ1) is 14.7. The number of fused-ring (bicyclic) bond motifs is 1. The number of carbonyl (C=O) groups is 2. The third-order valence-corrected chi connectivity index (χ3v) is 6.19. The van der Waals surface area contributed by atoms with Crippen LogP contribution in [0.2, 0.25) is 0 Å². The van der Waals surface area contributed by atoms with Gasteiger partial charge >= 0.3 is 0 Å². The zero-order valence-corrected chi connectivity index (χ0v) is 17.6. The third kappa shape index (κ3) is 4.45. The van der Waals surface area contributed by atoms with Crippen LogP contribution in [-0.4, -0.2) is 27.6 Å². The SMILES string of the molecule is CCc1ccn2c(C(=O)c3ccc(C(=O)NCCC4CCCCC4)cc3)cnc2c1. The molecule has 1 N–H and O–H groups in total. The molecule has 3 aromatic rings. The second-order valence-corrected chi connectivity index (χ2v) is 8.22. The van der Waals surface area contributed by atoms with Crippen LogP contribution in [0.5, 0.6) is 0 Å². The van der Waals surface area contributed by atoms with Gasteiger partial charge in [-0.1, -0.05) is 51.2 Å². The van der Waals surface area contributed by atoms with Crippen LogP contribution in [0, 0.1) is 5.92 Å². The van der Waals surface area contributed by atoms with Crippen LogP contribution in [0.1, 0.15) is 77.4 Å². The minimum atomic E-state index is -0.101. The highest BCUT2D eigenvalue weighted by Gasteiger charge is 2.16. The monoisotopic (exact) mass is 403 g/mol. The highest BCUT2D eigenvalue weighted by atomic mass is 16.1. The molecule has 2 aromatic heterocycles. The number of hydrogen-bond acceptors (Lipinski definition) is 3. The van der Waals surface area contributed by atoms with E-state index in [0.717, 1.165) is 24.4 Å². The number of nitrogens with zero attached hydrogens (tertiary/aromatic N) is 2. The van der Waals surface area contributed by atoms with E-state index in [-0.39, 0.29) is 11.7 Å². The van der Waals surface area contributed by atoms with Crippen molar-refractivity contribution < 1.29 is 9.59 Å². The minimum absolute atomic E-state index is 0.0771. The molecule has 0 spiro atoms. The Morgan fingerprint density at radius 2 is 1.80 bits per heavy atom. The van der Waals surface area contributed by atoms with Crippen LogP contribution < -0.4 is 5.32 Å². The Bertz CT molecular complexity index is 1030. The Kier molecular flexibility index (Phi) is 6.26. The molecule has 0 bridgehead atoms. The third-order valence-electron chi connectivity index (χ3n) is 6.19. The van der Waals surface area contributed by atoms with Gasteiger partial charge in [0.1, 0.15) is 11.3 Å². The molecule has 156 valence electrons. The minimum Gasteiger partial charge on any atom is -0.352 e. The summed E-state index contributed by atoms with van der Waals surface area (Å²) in [7, 11) is 0. The largest absolute Gasteiger partial charge is 0.352 e. The van der Waals surface area contributed by atoms with Gasteiger partial charge in [-0.2, -0.15) is 0 Å². The number of carbonyl (C=O) groups excluding carboxylic acids is 2. The summed E-state index contributed by atoms with van der Waals surface area (Å²) in [5.74, 6) is 0.570. The number of imidazole rings is 1. The molecule has 1 fully saturated rings. The quantitative estimate of drug-likeness (QED) is 0.575. The molecule has 1 aliphatic rings. The number of pyridine rings is 1. The molecule has 1 saturated carbocycles. The van der Waals surface area contributed by atoms with Crippen molar-refractivity contribution in [1.29, 1.82) is 0 Å². The lowest BCUT2D eigenvalue weighted by atomic mass is 9.87. The van der Waals surface area contributed by atoms with Crippen molar-refractivity contribution >= 4 is 17.3 Å². The number of rotatable bonds is 7. The van der Waals surface area contributed by atoms with Crippen molar-refractivity contribution in [3.63, 3.8) is 0 Å². The van der Waals surface area contributed by atoms with E-state index < -0.39 is 0 Å². The summed E-state index contributed by atoms with van der Waals surface area (Å²) in [6.45, 7) is 2.81. The Hall–Kier alpha value is -2.95. The Balaban J connectivity index is 1.39. The van der Waals surface area contributed by atoms with Gasteiger partial charge in [-0.05, 0) is 48.6 Å². The van der Waals surface area contributed by atoms with Gasteiger partial charge in [0.25, 0.3) is 5.91 Å². The predicted octanol–water partition coefficient (Wildman–Crippen LogP) is 4.83. The van der Waals surface area contributed by atoms with E-state index in [4.69, 9.17) is 0 Å². The normalized spacial score (nSPS) is 14.7. The van der Waals surface area contributed by atoms with E-state index >= 15 is 0 Å². The van der Waals surface area contributed by atoms with Crippen LogP contribution >= 0.6 is 0 Å². The number of nitrogens with one attached hydrogen (secondary N) is 1. The van der Waals surface area contributed by atoms with E-state index in [1.807, 2.05) is 22.7 Å². The molecule has 1 aliphatic carbocycles. The van der Waals surface area contributed by atoms with Gasteiger partial charge in [-0.25, -0.2) is 4.98 Å². The van der Waals surface area contributed by atoms with E-state index in [1.165, 1.54) is 37.7 Å². The molecule has 0 aliphatic heterocycles. The molecule has 4 rings (SSSR count). The first-order valence-corrected chi connectivity index (χ1v) is 11.0. The smallest absolute Gasteiger partial charge is 0.251 e. The van der Waals surface area contributed by atoms with Crippen molar-refractivity contribution in [2.24, 2.45) is 5.92 Å². The maximum atomic E-state index is 12.9. The van der Waals surface area contributed by atoms with Gasteiger partial charge < -0.3 is 5.32 Å². The fraction of sp³-hybridized carbons (Fsp3) is 0.400. The lowest BCUT2D eigenvalue weighted by Crippen LogP contribution is -2.26. The van der Waals surface area contributed by atoms with Gasteiger partial charge in [0.15, 0.2) is 0 Å². The lowest BCUT2D eigenvalue weighted by molar-refractivity contribution is 0.0948. The maximum absolute atomic E-state index is 12.9. The van der Waals surface area contributed by atoms with Crippen LogP contribution in [-0.2, 0) is 6.42 Å². The summed E-state index contributed by atoms with van der Waals surface area (Å²) >= 11 is 0. The van der Waals surface area contributed by atoms with Crippen LogP contribution in [0.3, 0.4) is 0 Å². The zero-order chi connectivity index (χ0) is 20.9. The standard InChI is InChI=1S/C25H29N3O2/c1-2-18-13-15-28-22(17-27-23(28)16-18)24(29)20-8-10-21(11-9-20)25(30)26-14-12-19-6-4-3-5-7-19/h8-11,13,15-17,19H,2-7,12,14H2,1H3,(H,26,30). The van der Waals surface area contributed by atoms with E-state index in [0.29, 0.717) is 23.4 Å². The molecule has 0 saturated heterocycles. The molecule has 0 radical (unpaired) electrons. The number of ketones is 1.